The molecule has 0 spiro atoms. The van der Waals surface area contributed by atoms with Crippen molar-refractivity contribution in [3.8, 4) is 0 Å². The summed E-state index contributed by atoms with van der Waals surface area (Å²) in [5.41, 5.74) is 1.03. The molecule has 0 saturated carbocycles. The van der Waals surface area contributed by atoms with Gasteiger partial charge >= 0.3 is 0 Å². The lowest BCUT2D eigenvalue weighted by molar-refractivity contribution is -0.280. The average Bonchev–Trinajstić information content (AvgIpc) is 2.56. The van der Waals surface area contributed by atoms with Crippen LogP contribution in [0.15, 0.2) is 42.7 Å². The van der Waals surface area contributed by atoms with Gasteiger partial charge in [0.25, 0.3) is 0 Å². The normalized spacial score (nSPS) is 31.5. The second-order valence-corrected chi connectivity index (χ2v) is 5.37. The maximum Gasteiger partial charge on any atom is 0.184 e. The Balaban J connectivity index is 1.66. The Kier molecular flexibility index (Phi) is 4.91. The summed E-state index contributed by atoms with van der Waals surface area (Å²) in [6, 6.07) is 9.98. The summed E-state index contributed by atoms with van der Waals surface area (Å²) in [5, 5.41) is 0. The summed E-state index contributed by atoms with van der Waals surface area (Å²) in [6.45, 7) is 3.42. The molecule has 0 N–H and O–H groups in total. The predicted octanol–water partition coefficient (Wildman–Crippen LogP) is 3.20. The molecular formula is C17H22O4. The van der Waals surface area contributed by atoms with Crippen molar-refractivity contribution in [1.82, 2.24) is 0 Å². The Morgan fingerprint density at radius 3 is 2.90 bits per heavy atom. The zero-order valence-electron chi connectivity index (χ0n) is 12.3. The minimum absolute atomic E-state index is 0.0644. The molecule has 3 unspecified atom stereocenters. The van der Waals surface area contributed by atoms with E-state index in [0.29, 0.717) is 6.61 Å². The highest BCUT2D eigenvalue weighted by Crippen LogP contribution is 2.32. The molecule has 2 heterocycles. The monoisotopic (exact) mass is 290 g/mol. The first-order chi connectivity index (χ1) is 10.4. The van der Waals surface area contributed by atoms with Crippen molar-refractivity contribution in [2.75, 3.05) is 13.2 Å². The van der Waals surface area contributed by atoms with E-state index in [-0.39, 0.29) is 24.6 Å². The van der Waals surface area contributed by atoms with Gasteiger partial charge in [-0.25, -0.2) is 0 Å². The zero-order valence-corrected chi connectivity index (χ0v) is 12.3. The van der Waals surface area contributed by atoms with Gasteiger partial charge in [0.05, 0.1) is 12.9 Å². The topological polar surface area (TPSA) is 36.9 Å². The molecule has 0 bridgehead atoms. The average molecular weight is 290 g/mol. The Bertz CT molecular complexity index is 459. The molecule has 2 aliphatic rings. The highest BCUT2D eigenvalue weighted by Gasteiger charge is 2.40. The molecule has 114 valence electrons. The van der Waals surface area contributed by atoms with E-state index in [4.69, 9.17) is 18.9 Å². The lowest BCUT2D eigenvalue weighted by Gasteiger charge is -2.40. The van der Waals surface area contributed by atoms with Crippen molar-refractivity contribution >= 4 is 0 Å². The molecule has 4 heteroatoms. The van der Waals surface area contributed by atoms with Crippen molar-refractivity contribution in [2.45, 2.75) is 44.4 Å². The van der Waals surface area contributed by atoms with Crippen LogP contribution in [0.1, 0.15) is 31.6 Å². The second-order valence-electron chi connectivity index (χ2n) is 5.37. The molecule has 3 rings (SSSR count). The fourth-order valence-electron chi connectivity index (χ4n) is 2.58. The van der Waals surface area contributed by atoms with Gasteiger partial charge < -0.3 is 18.9 Å². The van der Waals surface area contributed by atoms with Crippen LogP contribution >= 0.6 is 0 Å². The van der Waals surface area contributed by atoms with E-state index in [0.717, 1.165) is 25.0 Å². The molecule has 0 amide bonds. The molecule has 4 nitrogen and oxygen atoms in total. The number of unbranched alkanes of at least 4 members (excludes halogenated alkanes) is 1. The second kappa shape index (κ2) is 7.07. The summed E-state index contributed by atoms with van der Waals surface area (Å²) in [4.78, 5) is 0. The highest BCUT2D eigenvalue weighted by atomic mass is 16.7. The fourth-order valence-corrected chi connectivity index (χ4v) is 2.58. The van der Waals surface area contributed by atoms with Crippen LogP contribution in [-0.4, -0.2) is 31.5 Å². The predicted molar refractivity (Wildman–Crippen MR) is 78.7 cm³/mol. The maximum atomic E-state index is 6.10. The van der Waals surface area contributed by atoms with E-state index in [1.165, 1.54) is 0 Å². The quantitative estimate of drug-likeness (QED) is 0.780. The Morgan fingerprint density at radius 1 is 1.24 bits per heavy atom. The number of ether oxygens (including phenoxy) is 4. The summed E-state index contributed by atoms with van der Waals surface area (Å²) in [7, 11) is 0. The minimum Gasteiger partial charge on any atom is -0.493 e. The van der Waals surface area contributed by atoms with E-state index < -0.39 is 0 Å². The molecule has 4 atom stereocenters. The van der Waals surface area contributed by atoms with Gasteiger partial charge in [0.15, 0.2) is 12.4 Å². The van der Waals surface area contributed by atoms with Gasteiger partial charge in [0.2, 0.25) is 0 Å². The fraction of sp³-hybridized carbons (Fsp3) is 0.529. The molecule has 1 saturated heterocycles. The minimum atomic E-state index is -0.347. The number of benzene rings is 1. The number of hydrogen-bond donors (Lipinski definition) is 0. The van der Waals surface area contributed by atoms with Crippen molar-refractivity contribution in [3.63, 3.8) is 0 Å². The van der Waals surface area contributed by atoms with E-state index >= 15 is 0 Å². The van der Waals surface area contributed by atoms with Gasteiger partial charge in [-0.05, 0) is 12.5 Å². The molecule has 1 fully saturated rings. The molecule has 1 aromatic rings. The van der Waals surface area contributed by atoms with Crippen LogP contribution in [0.3, 0.4) is 0 Å². The Hall–Kier alpha value is -1.36. The summed E-state index contributed by atoms with van der Waals surface area (Å²) in [6.07, 6.45) is 5.19. The molecule has 0 radical (unpaired) electrons. The van der Waals surface area contributed by atoms with E-state index in [1.54, 1.807) is 6.26 Å². The largest absolute Gasteiger partial charge is 0.493 e. The van der Waals surface area contributed by atoms with E-state index in [1.807, 2.05) is 36.4 Å². The van der Waals surface area contributed by atoms with Gasteiger partial charge in [-0.2, -0.15) is 0 Å². The lowest BCUT2D eigenvalue weighted by Crippen LogP contribution is -2.50. The number of fused-ring (bicyclic) bond motifs is 1. The van der Waals surface area contributed by atoms with E-state index in [9.17, 15) is 0 Å². The van der Waals surface area contributed by atoms with Crippen LogP contribution in [-0.2, 0) is 18.9 Å². The van der Waals surface area contributed by atoms with Crippen LogP contribution < -0.4 is 0 Å². The van der Waals surface area contributed by atoms with E-state index in [2.05, 4.69) is 6.92 Å². The van der Waals surface area contributed by atoms with Crippen LogP contribution in [0.4, 0.5) is 0 Å². The maximum absolute atomic E-state index is 6.10. The Labute approximate surface area is 125 Å². The smallest absolute Gasteiger partial charge is 0.184 e. The van der Waals surface area contributed by atoms with Gasteiger partial charge in [0, 0.05) is 12.2 Å². The van der Waals surface area contributed by atoms with Crippen LogP contribution in [0.25, 0.3) is 0 Å². The lowest BCUT2D eigenvalue weighted by atomic mass is 10.0. The molecule has 0 aliphatic carbocycles. The van der Waals surface area contributed by atoms with Gasteiger partial charge in [-0.15, -0.1) is 0 Å². The summed E-state index contributed by atoms with van der Waals surface area (Å²) >= 11 is 0. The summed E-state index contributed by atoms with van der Waals surface area (Å²) in [5.74, 6) is 0. The van der Waals surface area contributed by atoms with Crippen molar-refractivity contribution in [2.24, 2.45) is 0 Å². The third-order valence-corrected chi connectivity index (χ3v) is 3.78. The van der Waals surface area contributed by atoms with Crippen molar-refractivity contribution < 1.29 is 18.9 Å². The third-order valence-electron chi connectivity index (χ3n) is 3.78. The Morgan fingerprint density at radius 2 is 2.10 bits per heavy atom. The van der Waals surface area contributed by atoms with Crippen molar-refractivity contribution in [3.05, 3.63) is 48.2 Å². The first kappa shape index (κ1) is 14.6. The molecular weight excluding hydrogens is 268 g/mol. The first-order valence-corrected chi connectivity index (χ1v) is 7.64. The van der Waals surface area contributed by atoms with Crippen LogP contribution in [0.5, 0.6) is 0 Å². The SMILES string of the molecule is CCCCOC1C=COC2COC(c3ccccc3)O[C@@H]12. The molecule has 0 aromatic heterocycles. The highest BCUT2D eigenvalue weighted by molar-refractivity contribution is 5.17. The number of hydrogen-bond acceptors (Lipinski definition) is 4. The number of rotatable bonds is 5. The molecule has 1 aromatic carbocycles. The van der Waals surface area contributed by atoms with Crippen LogP contribution in [0.2, 0.25) is 0 Å². The van der Waals surface area contributed by atoms with Gasteiger partial charge in [-0.3, -0.25) is 0 Å². The first-order valence-electron chi connectivity index (χ1n) is 7.64. The third kappa shape index (κ3) is 3.46. The standard InChI is InChI=1S/C17H22O4/c1-2-3-10-18-14-9-11-19-15-12-20-17(21-16(14)15)13-7-5-4-6-8-13/h4-9,11,14-17H,2-3,10,12H2,1H3/t14?,15?,16-,17?/m0/s1. The zero-order chi connectivity index (χ0) is 14.5. The molecule has 21 heavy (non-hydrogen) atoms. The van der Waals surface area contributed by atoms with Crippen LogP contribution in [0, 0.1) is 0 Å². The molecule has 2 aliphatic heterocycles. The van der Waals surface area contributed by atoms with Crippen molar-refractivity contribution in [1.29, 1.82) is 0 Å². The van der Waals surface area contributed by atoms with Gasteiger partial charge in [-0.1, -0.05) is 43.7 Å². The summed E-state index contributed by atoms with van der Waals surface area (Å²) < 4.78 is 23.4. The van der Waals surface area contributed by atoms with Gasteiger partial charge in [0.1, 0.15) is 12.2 Å².